The van der Waals surface area contributed by atoms with Gasteiger partial charge in [0.25, 0.3) is 5.91 Å². The minimum Gasteiger partial charge on any atom is -0.480 e. The van der Waals surface area contributed by atoms with E-state index in [0.717, 1.165) is 10.9 Å². The van der Waals surface area contributed by atoms with Crippen molar-refractivity contribution in [3.05, 3.63) is 36.0 Å². The third-order valence-electron chi connectivity index (χ3n) is 3.13. The van der Waals surface area contributed by atoms with E-state index in [1.165, 1.54) is 0 Å². The standard InChI is InChI=1S/C15H18N2O3/c1-9(2)7-13(15(19)20)17-14(18)11-3-4-12-10(8-11)5-6-16-12/h3-6,8-9,13,16H,7H2,1-2H3,(H,17,18)(H,19,20). The van der Waals surface area contributed by atoms with E-state index in [0.29, 0.717) is 12.0 Å². The molecular weight excluding hydrogens is 256 g/mol. The number of nitrogens with one attached hydrogen (secondary N) is 2. The summed E-state index contributed by atoms with van der Waals surface area (Å²) < 4.78 is 0. The summed E-state index contributed by atoms with van der Waals surface area (Å²) in [5.74, 6) is -1.17. The van der Waals surface area contributed by atoms with Crippen LogP contribution in [0.25, 0.3) is 10.9 Å². The average Bonchev–Trinajstić information content (AvgIpc) is 2.84. The van der Waals surface area contributed by atoms with E-state index in [1.807, 2.05) is 26.0 Å². The second-order valence-corrected chi connectivity index (χ2v) is 5.27. The fourth-order valence-electron chi connectivity index (χ4n) is 2.13. The molecule has 106 valence electrons. The summed E-state index contributed by atoms with van der Waals surface area (Å²) in [4.78, 5) is 26.3. The lowest BCUT2D eigenvalue weighted by molar-refractivity contribution is -0.139. The van der Waals surface area contributed by atoms with Crippen molar-refractivity contribution in [3.63, 3.8) is 0 Å². The van der Waals surface area contributed by atoms with Gasteiger partial charge in [-0.25, -0.2) is 4.79 Å². The number of aromatic nitrogens is 1. The summed E-state index contributed by atoms with van der Waals surface area (Å²) in [7, 11) is 0. The number of carbonyl (C=O) groups excluding carboxylic acids is 1. The van der Waals surface area contributed by atoms with Gasteiger partial charge in [0, 0.05) is 22.7 Å². The highest BCUT2D eigenvalue weighted by Gasteiger charge is 2.21. The van der Waals surface area contributed by atoms with Crippen LogP contribution in [0.2, 0.25) is 0 Å². The van der Waals surface area contributed by atoms with Crippen molar-refractivity contribution in [1.29, 1.82) is 0 Å². The molecule has 1 aromatic heterocycles. The van der Waals surface area contributed by atoms with Gasteiger partial charge in [-0.05, 0) is 36.6 Å². The molecule has 0 bridgehead atoms. The molecule has 2 aromatic rings. The molecule has 5 heteroatoms. The van der Waals surface area contributed by atoms with Crippen molar-refractivity contribution >= 4 is 22.8 Å². The molecule has 0 fully saturated rings. The van der Waals surface area contributed by atoms with Crippen molar-refractivity contribution in [1.82, 2.24) is 10.3 Å². The molecule has 0 spiro atoms. The number of carbonyl (C=O) groups is 2. The summed E-state index contributed by atoms with van der Waals surface area (Å²) in [5, 5.41) is 12.6. The Morgan fingerprint density at radius 1 is 1.30 bits per heavy atom. The maximum atomic E-state index is 12.1. The lowest BCUT2D eigenvalue weighted by Gasteiger charge is -2.16. The Hall–Kier alpha value is -2.30. The molecule has 1 atom stereocenters. The van der Waals surface area contributed by atoms with Gasteiger partial charge in [-0.3, -0.25) is 4.79 Å². The first-order chi connectivity index (χ1) is 9.47. The third kappa shape index (κ3) is 3.17. The van der Waals surface area contributed by atoms with Crippen LogP contribution in [0.3, 0.4) is 0 Å². The van der Waals surface area contributed by atoms with Crippen LogP contribution in [-0.4, -0.2) is 28.0 Å². The topological polar surface area (TPSA) is 82.2 Å². The Kier molecular flexibility index (Phi) is 4.08. The molecule has 0 aliphatic heterocycles. The molecule has 3 N–H and O–H groups in total. The van der Waals surface area contributed by atoms with Crippen molar-refractivity contribution in [2.45, 2.75) is 26.3 Å². The van der Waals surface area contributed by atoms with E-state index in [4.69, 9.17) is 5.11 Å². The molecule has 1 heterocycles. The van der Waals surface area contributed by atoms with Crippen LogP contribution in [0.5, 0.6) is 0 Å². The number of rotatable bonds is 5. The van der Waals surface area contributed by atoms with Crippen LogP contribution >= 0.6 is 0 Å². The average molecular weight is 274 g/mol. The van der Waals surface area contributed by atoms with Crippen molar-refractivity contribution in [2.24, 2.45) is 5.92 Å². The molecule has 0 saturated heterocycles. The highest BCUT2D eigenvalue weighted by Crippen LogP contribution is 2.15. The van der Waals surface area contributed by atoms with Crippen LogP contribution in [0.1, 0.15) is 30.6 Å². The van der Waals surface area contributed by atoms with Gasteiger partial charge in [0.1, 0.15) is 6.04 Å². The summed E-state index contributed by atoms with van der Waals surface area (Å²) in [5.41, 5.74) is 1.41. The zero-order chi connectivity index (χ0) is 14.7. The summed E-state index contributed by atoms with van der Waals surface area (Å²) in [6, 6.07) is 6.25. The zero-order valence-electron chi connectivity index (χ0n) is 11.5. The monoisotopic (exact) mass is 274 g/mol. The molecule has 0 radical (unpaired) electrons. The maximum Gasteiger partial charge on any atom is 0.326 e. The number of H-pyrrole nitrogens is 1. The van der Waals surface area contributed by atoms with Gasteiger partial charge in [-0.1, -0.05) is 13.8 Å². The summed E-state index contributed by atoms with van der Waals surface area (Å²) in [6.07, 6.45) is 2.21. The predicted molar refractivity (Wildman–Crippen MR) is 76.6 cm³/mol. The Balaban J connectivity index is 2.15. The third-order valence-corrected chi connectivity index (χ3v) is 3.13. The number of carboxylic acid groups (broad SMARTS) is 1. The lowest BCUT2D eigenvalue weighted by atomic mass is 10.0. The van der Waals surface area contributed by atoms with Crippen molar-refractivity contribution < 1.29 is 14.7 Å². The molecule has 0 aliphatic carbocycles. The first-order valence-electron chi connectivity index (χ1n) is 6.58. The zero-order valence-corrected chi connectivity index (χ0v) is 11.5. The largest absolute Gasteiger partial charge is 0.480 e. The number of aromatic amines is 1. The van der Waals surface area contributed by atoms with E-state index in [9.17, 15) is 9.59 Å². The van der Waals surface area contributed by atoms with Crippen LogP contribution in [-0.2, 0) is 4.79 Å². The van der Waals surface area contributed by atoms with Crippen LogP contribution in [0, 0.1) is 5.92 Å². The van der Waals surface area contributed by atoms with E-state index < -0.39 is 12.0 Å². The molecule has 20 heavy (non-hydrogen) atoms. The van der Waals surface area contributed by atoms with Crippen LogP contribution in [0.15, 0.2) is 30.5 Å². The number of amides is 1. The second kappa shape index (κ2) is 5.77. The minimum absolute atomic E-state index is 0.198. The van der Waals surface area contributed by atoms with Gasteiger partial charge in [0.15, 0.2) is 0 Å². The quantitative estimate of drug-likeness (QED) is 0.783. The van der Waals surface area contributed by atoms with Crippen LogP contribution in [0.4, 0.5) is 0 Å². The molecule has 1 amide bonds. The predicted octanol–water partition coefficient (Wildman–Crippen LogP) is 2.40. The fourth-order valence-corrected chi connectivity index (χ4v) is 2.13. The van der Waals surface area contributed by atoms with Crippen LogP contribution < -0.4 is 5.32 Å². The number of hydrogen-bond acceptors (Lipinski definition) is 2. The molecule has 1 aromatic carbocycles. The number of fused-ring (bicyclic) bond motifs is 1. The summed E-state index contributed by atoms with van der Waals surface area (Å²) in [6.45, 7) is 3.85. The molecular formula is C15H18N2O3. The first-order valence-corrected chi connectivity index (χ1v) is 6.58. The van der Waals surface area contributed by atoms with Gasteiger partial charge in [0.2, 0.25) is 0 Å². The normalized spacial score (nSPS) is 12.6. The molecule has 0 saturated carbocycles. The highest BCUT2D eigenvalue weighted by atomic mass is 16.4. The second-order valence-electron chi connectivity index (χ2n) is 5.27. The van der Waals surface area contributed by atoms with E-state index >= 15 is 0 Å². The fraction of sp³-hybridized carbons (Fsp3) is 0.333. The number of hydrogen-bond donors (Lipinski definition) is 3. The minimum atomic E-state index is -1.00. The van der Waals surface area contributed by atoms with Gasteiger partial charge in [-0.2, -0.15) is 0 Å². The molecule has 0 aliphatic rings. The van der Waals surface area contributed by atoms with Gasteiger partial charge >= 0.3 is 5.97 Å². The van der Waals surface area contributed by atoms with Crippen molar-refractivity contribution in [3.8, 4) is 0 Å². The Morgan fingerprint density at radius 3 is 2.70 bits per heavy atom. The SMILES string of the molecule is CC(C)CC(NC(=O)c1ccc2[nH]ccc2c1)C(=O)O. The molecule has 2 rings (SSSR count). The number of aliphatic carboxylic acids is 1. The Bertz CT molecular complexity index is 631. The van der Waals surface area contributed by atoms with Gasteiger partial charge < -0.3 is 15.4 Å². The van der Waals surface area contributed by atoms with E-state index in [2.05, 4.69) is 10.3 Å². The van der Waals surface area contributed by atoms with Gasteiger partial charge in [-0.15, -0.1) is 0 Å². The summed E-state index contributed by atoms with van der Waals surface area (Å²) >= 11 is 0. The maximum absolute atomic E-state index is 12.1. The first kappa shape index (κ1) is 14.1. The lowest BCUT2D eigenvalue weighted by Crippen LogP contribution is -2.41. The smallest absolute Gasteiger partial charge is 0.326 e. The number of benzene rings is 1. The van der Waals surface area contributed by atoms with E-state index in [-0.39, 0.29) is 11.8 Å². The Morgan fingerprint density at radius 2 is 2.05 bits per heavy atom. The number of carboxylic acids is 1. The van der Waals surface area contributed by atoms with E-state index in [1.54, 1.807) is 18.3 Å². The molecule has 1 unspecified atom stereocenters. The highest BCUT2D eigenvalue weighted by molar-refractivity contribution is 5.99. The molecule has 5 nitrogen and oxygen atoms in total. The van der Waals surface area contributed by atoms with Gasteiger partial charge in [0.05, 0.1) is 0 Å². The van der Waals surface area contributed by atoms with Crippen molar-refractivity contribution in [2.75, 3.05) is 0 Å². The Labute approximate surface area is 117 Å².